The number of esters is 1. The molecule has 0 aromatic rings. The van der Waals surface area contributed by atoms with Gasteiger partial charge in [-0.25, -0.2) is 4.79 Å². The van der Waals surface area contributed by atoms with Crippen LogP contribution in [0.5, 0.6) is 0 Å². The molecule has 0 aromatic heterocycles. The molecule has 1 saturated carbocycles. The number of hydrogen-bond donors (Lipinski definition) is 0. The Morgan fingerprint density at radius 1 is 1.36 bits per heavy atom. The number of ether oxygens (including phenoxy) is 1. The lowest BCUT2D eigenvalue weighted by Crippen LogP contribution is -2.31. The zero-order chi connectivity index (χ0) is 10.8. The van der Waals surface area contributed by atoms with Crippen molar-refractivity contribution < 1.29 is 18.3 Å². The monoisotopic (exact) mass is 226 g/mol. The van der Waals surface area contributed by atoms with Crippen molar-refractivity contribution in [2.24, 2.45) is 5.92 Å². The summed E-state index contributed by atoms with van der Waals surface area (Å²) in [5.41, 5.74) is 0. The third-order valence-electron chi connectivity index (χ3n) is 2.47. The molecule has 1 rings (SSSR count). The highest BCUT2D eigenvalue weighted by Crippen LogP contribution is 2.28. The van der Waals surface area contributed by atoms with E-state index in [1.54, 1.807) is 0 Å². The summed E-state index contributed by atoms with van der Waals surface area (Å²) < 4.78 is 29.1. The lowest BCUT2D eigenvalue weighted by molar-refractivity contribution is -0.168. The van der Waals surface area contributed by atoms with Crippen LogP contribution in [0.4, 0.5) is 8.78 Å². The molecule has 5 heteroatoms. The number of alkyl halides is 3. The molecule has 0 spiro atoms. The van der Waals surface area contributed by atoms with Gasteiger partial charge in [0.1, 0.15) is 6.10 Å². The smallest absolute Gasteiger partial charge is 0.417 e. The van der Waals surface area contributed by atoms with Gasteiger partial charge < -0.3 is 4.74 Å². The fraction of sp³-hybridized carbons (Fsp3) is 0.889. The Labute approximate surface area is 86.6 Å². The van der Waals surface area contributed by atoms with Crippen molar-refractivity contribution in [1.29, 1.82) is 0 Å². The van der Waals surface area contributed by atoms with Crippen molar-refractivity contribution in [2.45, 2.75) is 44.1 Å². The summed E-state index contributed by atoms with van der Waals surface area (Å²) in [6.07, 6.45) is 2.74. The summed E-state index contributed by atoms with van der Waals surface area (Å²) in [6, 6.07) is 0. The van der Waals surface area contributed by atoms with Crippen molar-refractivity contribution in [3.63, 3.8) is 0 Å². The highest BCUT2D eigenvalue weighted by atomic mass is 35.5. The lowest BCUT2D eigenvalue weighted by atomic mass is 9.89. The molecule has 0 radical (unpaired) electrons. The third kappa shape index (κ3) is 3.40. The molecule has 2 nitrogen and oxygen atoms in total. The van der Waals surface area contributed by atoms with Crippen molar-refractivity contribution >= 4 is 17.6 Å². The van der Waals surface area contributed by atoms with Crippen LogP contribution >= 0.6 is 11.6 Å². The third-order valence-corrected chi connectivity index (χ3v) is 2.62. The average Bonchev–Trinajstić information content (AvgIpc) is 2.07. The average molecular weight is 227 g/mol. The highest BCUT2D eigenvalue weighted by molar-refractivity contribution is 6.31. The molecule has 1 aliphatic carbocycles. The van der Waals surface area contributed by atoms with E-state index in [2.05, 4.69) is 23.3 Å². The molecular formula is C9H13ClF2O2. The molecule has 0 aliphatic heterocycles. The fourth-order valence-electron chi connectivity index (χ4n) is 1.57. The van der Waals surface area contributed by atoms with Gasteiger partial charge in [0.2, 0.25) is 0 Å². The first kappa shape index (κ1) is 11.7. The number of carbonyl (C=O) groups is 1. The van der Waals surface area contributed by atoms with Gasteiger partial charge in [-0.05, 0) is 43.2 Å². The summed E-state index contributed by atoms with van der Waals surface area (Å²) >= 11 is 4.52. The molecule has 0 aromatic carbocycles. The first-order valence-electron chi connectivity index (χ1n) is 4.67. The number of carbonyl (C=O) groups excluding carboxylic acids is 1. The molecule has 0 unspecified atom stereocenters. The predicted octanol–water partition coefficient (Wildman–Crippen LogP) is 2.94. The maximum atomic E-state index is 12.2. The van der Waals surface area contributed by atoms with Crippen LogP contribution in [-0.4, -0.2) is 17.5 Å². The molecule has 82 valence electrons. The summed E-state index contributed by atoms with van der Waals surface area (Å²) in [4.78, 5) is 10.7. The Bertz CT molecular complexity index is 207. The van der Waals surface area contributed by atoms with E-state index in [1.165, 1.54) is 0 Å². The van der Waals surface area contributed by atoms with Crippen molar-refractivity contribution in [3.8, 4) is 0 Å². The summed E-state index contributed by atoms with van der Waals surface area (Å²) in [6.45, 7) is 2.09. The van der Waals surface area contributed by atoms with E-state index in [0.717, 1.165) is 12.8 Å². The van der Waals surface area contributed by atoms with Gasteiger partial charge in [-0.1, -0.05) is 6.92 Å². The highest BCUT2D eigenvalue weighted by Gasteiger charge is 2.39. The molecule has 0 N–H and O–H groups in total. The van der Waals surface area contributed by atoms with Crippen LogP contribution < -0.4 is 0 Å². The Morgan fingerprint density at radius 2 is 1.86 bits per heavy atom. The largest absolute Gasteiger partial charge is 0.457 e. The van der Waals surface area contributed by atoms with Crippen LogP contribution in [-0.2, 0) is 9.53 Å². The lowest BCUT2D eigenvalue weighted by Gasteiger charge is -2.26. The number of rotatable bonds is 2. The fourth-order valence-corrected chi connectivity index (χ4v) is 1.61. The number of hydrogen-bond acceptors (Lipinski definition) is 2. The molecule has 0 bridgehead atoms. The van der Waals surface area contributed by atoms with Crippen molar-refractivity contribution in [2.75, 3.05) is 0 Å². The zero-order valence-electron chi connectivity index (χ0n) is 7.93. The standard InChI is InChI=1S/C9H13ClF2O2/c1-6-2-4-7(5-3-6)14-8(13)9(10,11)12/h6-7H,2-5H2,1H3. The molecule has 0 heterocycles. The van der Waals surface area contributed by atoms with Crippen LogP contribution in [0.25, 0.3) is 0 Å². The Hall–Kier alpha value is -0.380. The molecular weight excluding hydrogens is 214 g/mol. The van der Waals surface area contributed by atoms with Crippen molar-refractivity contribution in [3.05, 3.63) is 0 Å². The minimum atomic E-state index is -3.89. The Kier molecular flexibility index (Phi) is 3.70. The van der Waals surface area contributed by atoms with Gasteiger partial charge >= 0.3 is 11.4 Å². The van der Waals surface area contributed by atoms with Crippen LogP contribution in [0.3, 0.4) is 0 Å². The van der Waals surface area contributed by atoms with Gasteiger partial charge in [-0.15, -0.1) is 0 Å². The molecule has 14 heavy (non-hydrogen) atoms. The van der Waals surface area contributed by atoms with Gasteiger partial charge in [0.05, 0.1) is 0 Å². The van der Waals surface area contributed by atoms with Crippen LogP contribution in [0.1, 0.15) is 32.6 Å². The molecule has 1 fully saturated rings. The first-order valence-corrected chi connectivity index (χ1v) is 5.05. The van der Waals surface area contributed by atoms with E-state index >= 15 is 0 Å². The predicted molar refractivity (Wildman–Crippen MR) is 48.3 cm³/mol. The first-order chi connectivity index (χ1) is 6.39. The van der Waals surface area contributed by atoms with E-state index < -0.39 is 11.4 Å². The second kappa shape index (κ2) is 4.43. The Morgan fingerprint density at radius 3 is 2.29 bits per heavy atom. The topological polar surface area (TPSA) is 26.3 Å². The molecule has 1 aliphatic rings. The quantitative estimate of drug-likeness (QED) is 0.535. The molecule has 0 saturated heterocycles. The summed E-state index contributed by atoms with van der Waals surface area (Å²) in [7, 11) is 0. The van der Waals surface area contributed by atoms with Gasteiger partial charge in [0.15, 0.2) is 0 Å². The van der Waals surface area contributed by atoms with Crippen molar-refractivity contribution in [1.82, 2.24) is 0 Å². The minimum Gasteiger partial charge on any atom is -0.457 e. The Balaban J connectivity index is 2.35. The number of halogens is 3. The normalized spacial score (nSPS) is 28.6. The summed E-state index contributed by atoms with van der Waals surface area (Å²) in [5, 5.41) is -3.89. The molecule has 0 atom stereocenters. The van der Waals surface area contributed by atoms with Crippen LogP contribution in [0, 0.1) is 5.92 Å². The second-order valence-electron chi connectivity index (χ2n) is 3.78. The second-order valence-corrected chi connectivity index (χ2v) is 4.26. The SMILES string of the molecule is CC1CCC(OC(=O)C(F)(F)Cl)CC1. The van der Waals surface area contributed by atoms with E-state index in [0.29, 0.717) is 18.8 Å². The summed E-state index contributed by atoms with van der Waals surface area (Å²) in [5.74, 6) is -1.04. The van der Waals surface area contributed by atoms with Crippen LogP contribution in [0.2, 0.25) is 0 Å². The maximum absolute atomic E-state index is 12.2. The van der Waals surface area contributed by atoms with E-state index in [-0.39, 0.29) is 6.10 Å². The van der Waals surface area contributed by atoms with Gasteiger partial charge in [0.25, 0.3) is 0 Å². The van der Waals surface area contributed by atoms with E-state index in [1.807, 2.05) is 0 Å². The van der Waals surface area contributed by atoms with Gasteiger partial charge in [-0.3, -0.25) is 0 Å². The van der Waals surface area contributed by atoms with Gasteiger partial charge in [0, 0.05) is 0 Å². The van der Waals surface area contributed by atoms with E-state index in [9.17, 15) is 13.6 Å². The molecule has 0 amide bonds. The van der Waals surface area contributed by atoms with Crippen LogP contribution in [0.15, 0.2) is 0 Å². The van der Waals surface area contributed by atoms with Gasteiger partial charge in [-0.2, -0.15) is 8.78 Å². The zero-order valence-corrected chi connectivity index (χ0v) is 8.69. The maximum Gasteiger partial charge on any atom is 0.417 e. The van der Waals surface area contributed by atoms with E-state index in [4.69, 9.17) is 0 Å². The minimum absolute atomic E-state index is 0.386.